The molecule has 2 heterocycles. The van der Waals surface area contributed by atoms with Crippen molar-refractivity contribution in [2.24, 2.45) is 13.0 Å². The number of rotatable bonds is 2. The Morgan fingerprint density at radius 3 is 2.94 bits per heavy atom. The first-order valence-electron chi connectivity index (χ1n) is 5.63. The van der Waals surface area contributed by atoms with Gasteiger partial charge in [0.2, 0.25) is 0 Å². The van der Waals surface area contributed by atoms with Crippen LogP contribution in [-0.4, -0.2) is 33.8 Å². The van der Waals surface area contributed by atoms with Gasteiger partial charge in [-0.1, -0.05) is 15.9 Å². The molecule has 0 radical (unpaired) electrons. The summed E-state index contributed by atoms with van der Waals surface area (Å²) in [7, 11) is 1.67. The second-order valence-electron chi connectivity index (χ2n) is 4.42. The highest BCUT2D eigenvalue weighted by Gasteiger charge is 2.26. The lowest BCUT2D eigenvalue weighted by Crippen LogP contribution is -2.30. The Morgan fingerprint density at radius 2 is 2.35 bits per heavy atom. The van der Waals surface area contributed by atoms with Crippen molar-refractivity contribution < 1.29 is 4.79 Å². The van der Waals surface area contributed by atoms with E-state index in [4.69, 9.17) is 0 Å². The topological polar surface area (TPSA) is 42.3 Å². The first-order chi connectivity index (χ1) is 8.11. The average Bonchev–Trinajstić information content (AvgIpc) is 2.80. The highest BCUT2D eigenvalue weighted by molar-refractivity contribution is 9.09. The zero-order valence-electron chi connectivity index (χ0n) is 9.73. The van der Waals surface area contributed by atoms with Crippen LogP contribution in [0.1, 0.15) is 16.8 Å². The van der Waals surface area contributed by atoms with Gasteiger partial charge in [0.25, 0.3) is 11.5 Å². The van der Waals surface area contributed by atoms with E-state index in [1.54, 1.807) is 19.3 Å². The van der Waals surface area contributed by atoms with Gasteiger partial charge in [-0.3, -0.25) is 9.59 Å². The number of nitrogens with zero attached hydrogens (tertiary/aromatic N) is 2. The van der Waals surface area contributed by atoms with Gasteiger partial charge in [-0.15, -0.1) is 0 Å². The first-order valence-corrected chi connectivity index (χ1v) is 6.76. The van der Waals surface area contributed by atoms with Gasteiger partial charge in [0, 0.05) is 43.3 Å². The van der Waals surface area contributed by atoms with Gasteiger partial charge in [0.15, 0.2) is 0 Å². The Morgan fingerprint density at radius 1 is 1.59 bits per heavy atom. The van der Waals surface area contributed by atoms with Gasteiger partial charge in [0.05, 0.1) is 0 Å². The molecular formula is C12H15BrN2O2. The van der Waals surface area contributed by atoms with Crippen LogP contribution in [-0.2, 0) is 7.05 Å². The van der Waals surface area contributed by atoms with E-state index in [1.807, 2.05) is 4.90 Å². The maximum Gasteiger partial charge on any atom is 0.254 e. The third kappa shape index (κ3) is 2.60. The maximum atomic E-state index is 12.1. The lowest BCUT2D eigenvalue weighted by molar-refractivity contribution is 0.0788. The molecule has 1 unspecified atom stereocenters. The smallest absolute Gasteiger partial charge is 0.254 e. The molecule has 0 saturated carbocycles. The van der Waals surface area contributed by atoms with Crippen molar-refractivity contribution in [3.8, 4) is 0 Å². The van der Waals surface area contributed by atoms with Crippen LogP contribution in [0.4, 0.5) is 0 Å². The fraction of sp³-hybridized carbons (Fsp3) is 0.500. The van der Waals surface area contributed by atoms with Crippen molar-refractivity contribution in [1.29, 1.82) is 0 Å². The number of halogens is 1. The lowest BCUT2D eigenvalue weighted by atomic mass is 10.2. The monoisotopic (exact) mass is 298 g/mol. The molecule has 1 aromatic heterocycles. The van der Waals surface area contributed by atoms with Crippen molar-refractivity contribution in [3.05, 3.63) is 34.2 Å². The van der Waals surface area contributed by atoms with Gasteiger partial charge in [-0.25, -0.2) is 0 Å². The summed E-state index contributed by atoms with van der Waals surface area (Å²) in [5.74, 6) is 0.497. The van der Waals surface area contributed by atoms with Crippen LogP contribution in [0.3, 0.4) is 0 Å². The van der Waals surface area contributed by atoms with Crippen LogP contribution in [0.2, 0.25) is 0 Å². The van der Waals surface area contributed by atoms with E-state index in [-0.39, 0.29) is 11.5 Å². The summed E-state index contributed by atoms with van der Waals surface area (Å²) in [6.45, 7) is 1.56. The van der Waals surface area contributed by atoms with Gasteiger partial charge < -0.3 is 9.47 Å². The Labute approximate surface area is 108 Å². The minimum absolute atomic E-state index is 0.0360. The molecule has 1 aliphatic heterocycles. The highest BCUT2D eigenvalue weighted by atomic mass is 79.9. The fourth-order valence-electron chi connectivity index (χ4n) is 2.01. The number of aryl methyl sites for hydroxylation is 1. The molecule has 0 spiro atoms. The van der Waals surface area contributed by atoms with Gasteiger partial charge in [-0.05, 0) is 18.4 Å². The summed E-state index contributed by atoms with van der Waals surface area (Å²) < 4.78 is 1.46. The minimum Gasteiger partial charge on any atom is -0.338 e. The summed E-state index contributed by atoms with van der Waals surface area (Å²) >= 11 is 3.44. The normalized spacial score (nSPS) is 19.6. The third-order valence-electron chi connectivity index (χ3n) is 3.14. The van der Waals surface area contributed by atoms with E-state index in [1.165, 1.54) is 10.6 Å². The molecule has 17 heavy (non-hydrogen) atoms. The number of carbonyl (C=O) groups is 1. The predicted molar refractivity (Wildman–Crippen MR) is 69.5 cm³/mol. The van der Waals surface area contributed by atoms with E-state index < -0.39 is 0 Å². The second-order valence-corrected chi connectivity index (χ2v) is 5.07. The van der Waals surface area contributed by atoms with Crippen LogP contribution in [0.15, 0.2) is 23.1 Å². The summed E-state index contributed by atoms with van der Waals surface area (Å²) in [6.07, 6.45) is 2.66. The summed E-state index contributed by atoms with van der Waals surface area (Å²) in [5, 5.41) is 0.924. The van der Waals surface area contributed by atoms with Crippen LogP contribution in [0.5, 0.6) is 0 Å². The second kappa shape index (κ2) is 5.04. The minimum atomic E-state index is -0.146. The van der Waals surface area contributed by atoms with Crippen LogP contribution >= 0.6 is 15.9 Å². The standard InChI is InChI=1S/C12H15BrN2O2/c1-14-4-3-10(6-11(14)16)12(17)15-5-2-9(7-13)8-15/h3-4,6,9H,2,5,7-8H2,1H3. The molecule has 0 N–H and O–H groups in total. The number of pyridine rings is 1. The largest absolute Gasteiger partial charge is 0.338 e. The van der Waals surface area contributed by atoms with Crippen molar-refractivity contribution in [1.82, 2.24) is 9.47 Å². The maximum absolute atomic E-state index is 12.1. The van der Waals surface area contributed by atoms with Crippen molar-refractivity contribution >= 4 is 21.8 Å². The number of hydrogen-bond donors (Lipinski definition) is 0. The van der Waals surface area contributed by atoms with E-state index in [0.717, 1.165) is 24.8 Å². The van der Waals surface area contributed by atoms with Crippen LogP contribution in [0, 0.1) is 5.92 Å². The Bertz CT molecular complexity index is 484. The van der Waals surface area contributed by atoms with Crippen molar-refractivity contribution in [2.75, 3.05) is 18.4 Å². The molecule has 0 aliphatic carbocycles. The average molecular weight is 299 g/mol. The van der Waals surface area contributed by atoms with Gasteiger partial charge >= 0.3 is 0 Å². The number of likely N-dealkylation sites (tertiary alicyclic amines) is 1. The zero-order chi connectivity index (χ0) is 12.4. The van der Waals surface area contributed by atoms with Crippen molar-refractivity contribution in [2.45, 2.75) is 6.42 Å². The SMILES string of the molecule is Cn1ccc(C(=O)N2CCC(CBr)C2)cc1=O. The van der Waals surface area contributed by atoms with Crippen LogP contribution in [0.25, 0.3) is 0 Å². The van der Waals surface area contributed by atoms with E-state index in [0.29, 0.717) is 11.5 Å². The molecule has 5 heteroatoms. The molecule has 1 saturated heterocycles. The lowest BCUT2D eigenvalue weighted by Gasteiger charge is -2.16. The molecule has 1 aromatic rings. The van der Waals surface area contributed by atoms with Crippen molar-refractivity contribution in [3.63, 3.8) is 0 Å². The Balaban J connectivity index is 2.15. The van der Waals surface area contributed by atoms with Gasteiger partial charge in [-0.2, -0.15) is 0 Å². The summed E-state index contributed by atoms with van der Waals surface area (Å²) in [4.78, 5) is 25.4. The zero-order valence-corrected chi connectivity index (χ0v) is 11.3. The molecule has 0 aromatic carbocycles. The third-order valence-corrected chi connectivity index (χ3v) is 4.06. The van der Waals surface area contributed by atoms with Gasteiger partial charge in [0.1, 0.15) is 0 Å². The number of aromatic nitrogens is 1. The molecule has 1 aliphatic rings. The molecule has 1 fully saturated rings. The highest BCUT2D eigenvalue weighted by Crippen LogP contribution is 2.19. The molecule has 0 bridgehead atoms. The van der Waals surface area contributed by atoms with E-state index >= 15 is 0 Å². The number of hydrogen-bond acceptors (Lipinski definition) is 2. The van der Waals surface area contributed by atoms with E-state index in [2.05, 4.69) is 15.9 Å². The molecular weight excluding hydrogens is 284 g/mol. The Kier molecular flexibility index (Phi) is 3.66. The molecule has 1 atom stereocenters. The van der Waals surface area contributed by atoms with Crippen LogP contribution < -0.4 is 5.56 Å². The number of amides is 1. The first kappa shape index (κ1) is 12.4. The predicted octanol–water partition coefficient (Wildman–Crippen LogP) is 1.24. The number of carbonyl (C=O) groups excluding carboxylic acids is 1. The Hall–Kier alpha value is -1.10. The summed E-state index contributed by atoms with van der Waals surface area (Å²) in [6, 6.07) is 3.11. The number of alkyl halides is 1. The summed E-state index contributed by atoms with van der Waals surface area (Å²) in [5.41, 5.74) is 0.343. The molecule has 4 nitrogen and oxygen atoms in total. The molecule has 92 valence electrons. The fourth-order valence-corrected chi connectivity index (χ4v) is 2.54. The van der Waals surface area contributed by atoms with E-state index in [9.17, 15) is 9.59 Å². The molecule has 2 rings (SSSR count). The quantitative estimate of drug-likeness (QED) is 0.771. The molecule has 1 amide bonds.